The van der Waals surface area contributed by atoms with Crippen LogP contribution in [0.5, 0.6) is 0 Å². The van der Waals surface area contributed by atoms with Crippen LogP contribution in [0.15, 0.2) is 66.7 Å². The van der Waals surface area contributed by atoms with E-state index in [4.69, 9.17) is 0 Å². The number of nitrogens with one attached hydrogen (secondary N) is 2. The molecule has 0 fully saturated rings. The highest BCUT2D eigenvalue weighted by molar-refractivity contribution is 6.05. The molecule has 0 heterocycles. The Labute approximate surface area is 167 Å². The van der Waals surface area contributed by atoms with Crippen molar-refractivity contribution in [1.29, 1.82) is 0 Å². The number of carbonyl (C=O) groups is 1. The Kier molecular flexibility index (Phi) is 6.49. The van der Waals surface area contributed by atoms with E-state index in [1.54, 1.807) is 0 Å². The molecule has 0 unspecified atom stereocenters. The summed E-state index contributed by atoms with van der Waals surface area (Å²) >= 11 is 0. The molecule has 0 aliphatic carbocycles. The maximum absolute atomic E-state index is 12.8. The molecule has 0 radical (unpaired) electrons. The number of anilines is 3. The van der Waals surface area contributed by atoms with Gasteiger partial charge in [-0.15, -0.1) is 0 Å². The quantitative estimate of drug-likeness (QED) is 0.496. The minimum atomic E-state index is -0.0940. The first-order chi connectivity index (χ1) is 13.6. The highest BCUT2D eigenvalue weighted by Gasteiger charge is 2.12. The van der Waals surface area contributed by atoms with Gasteiger partial charge >= 0.3 is 0 Å². The Morgan fingerprint density at radius 1 is 0.893 bits per heavy atom. The molecule has 3 heteroatoms. The Balaban J connectivity index is 1.87. The molecule has 3 aromatic carbocycles. The fourth-order valence-corrected chi connectivity index (χ4v) is 3.45. The summed E-state index contributed by atoms with van der Waals surface area (Å²) in [7, 11) is 0. The van der Waals surface area contributed by atoms with Gasteiger partial charge in [-0.25, -0.2) is 0 Å². The average molecular weight is 373 g/mol. The van der Waals surface area contributed by atoms with Crippen molar-refractivity contribution < 1.29 is 4.79 Å². The van der Waals surface area contributed by atoms with Crippen LogP contribution in [0.2, 0.25) is 0 Å². The zero-order valence-corrected chi connectivity index (χ0v) is 16.9. The Bertz CT molecular complexity index is 948. The smallest absolute Gasteiger partial charge is 0.256 e. The van der Waals surface area contributed by atoms with Crippen LogP contribution in [0.3, 0.4) is 0 Å². The summed E-state index contributed by atoms with van der Waals surface area (Å²) in [6.07, 6.45) is 3.16. The SMILES string of the molecule is CCCc1c(CC)cccc1Nc1ccc(C)c(C(=O)Nc2ccccc2)c1. The van der Waals surface area contributed by atoms with Crippen molar-refractivity contribution in [2.24, 2.45) is 0 Å². The number of hydrogen-bond donors (Lipinski definition) is 2. The van der Waals surface area contributed by atoms with Crippen molar-refractivity contribution in [2.45, 2.75) is 40.0 Å². The van der Waals surface area contributed by atoms with E-state index in [1.165, 1.54) is 11.1 Å². The molecule has 3 nitrogen and oxygen atoms in total. The Hall–Kier alpha value is -3.07. The van der Waals surface area contributed by atoms with Gasteiger partial charge in [0.05, 0.1) is 0 Å². The van der Waals surface area contributed by atoms with Gasteiger partial charge in [0.2, 0.25) is 0 Å². The third-order valence-electron chi connectivity index (χ3n) is 4.95. The van der Waals surface area contributed by atoms with Gasteiger partial charge in [-0.2, -0.15) is 0 Å². The van der Waals surface area contributed by atoms with E-state index in [2.05, 4.69) is 42.7 Å². The zero-order valence-electron chi connectivity index (χ0n) is 16.9. The summed E-state index contributed by atoms with van der Waals surface area (Å²) in [5, 5.41) is 6.51. The molecule has 3 rings (SSSR count). The van der Waals surface area contributed by atoms with Crippen molar-refractivity contribution in [3.63, 3.8) is 0 Å². The van der Waals surface area contributed by atoms with Crippen LogP contribution in [0, 0.1) is 6.92 Å². The number of benzene rings is 3. The van der Waals surface area contributed by atoms with Crippen LogP contribution in [-0.4, -0.2) is 5.91 Å². The fourth-order valence-electron chi connectivity index (χ4n) is 3.45. The van der Waals surface area contributed by atoms with Gasteiger partial charge < -0.3 is 10.6 Å². The van der Waals surface area contributed by atoms with Gasteiger partial charge in [0.15, 0.2) is 0 Å². The Morgan fingerprint density at radius 3 is 2.39 bits per heavy atom. The van der Waals surface area contributed by atoms with E-state index < -0.39 is 0 Å². The van der Waals surface area contributed by atoms with Crippen LogP contribution >= 0.6 is 0 Å². The molecule has 2 N–H and O–H groups in total. The molecular weight excluding hydrogens is 344 g/mol. The van der Waals surface area contributed by atoms with Crippen LogP contribution in [0.25, 0.3) is 0 Å². The summed E-state index contributed by atoms with van der Waals surface area (Å²) in [5.74, 6) is -0.0940. The molecular formula is C25H28N2O. The predicted molar refractivity (Wildman–Crippen MR) is 119 cm³/mol. The maximum atomic E-state index is 12.8. The lowest BCUT2D eigenvalue weighted by atomic mass is 9.98. The van der Waals surface area contributed by atoms with Crippen molar-refractivity contribution in [3.8, 4) is 0 Å². The van der Waals surface area contributed by atoms with Gasteiger partial charge in [-0.1, -0.05) is 56.7 Å². The lowest BCUT2D eigenvalue weighted by Crippen LogP contribution is -2.13. The second-order valence-electron chi connectivity index (χ2n) is 7.02. The van der Waals surface area contributed by atoms with E-state index in [0.717, 1.165) is 41.9 Å². The number of aryl methyl sites for hydroxylation is 2. The Morgan fingerprint density at radius 2 is 1.68 bits per heavy atom. The number of hydrogen-bond acceptors (Lipinski definition) is 2. The molecule has 0 spiro atoms. The van der Waals surface area contributed by atoms with Gasteiger partial charge in [0, 0.05) is 22.6 Å². The summed E-state index contributed by atoms with van der Waals surface area (Å²) in [6, 6.07) is 21.9. The number of amides is 1. The topological polar surface area (TPSA) is 41.1 Å². The van der Waals surface area contributed by atoms with Crippen LogP contribution in [-0.2, 0) is 12.8 Å². The number of carbonyl (C=O) groups excluding carboxylic acids is 1. The first-order valence-electron chi connectivity index (χ1n) is 9.97. The minimum absolute atomic E-state index is 0.0940. The van der Waals surface area contributed by atoms with Crippen molar-refractivity contribution in [2.75, 3.05) is 10.6 Å². The van der Waals surface area contributed by atoms with Crippen molar-refractivity contribution in [1.82, 2.24) is 0 Å². The first-order valence-corrected chi connectivity index (χ1v) is 9.97. The molecule has 28 heavy (non-hydrogen) atoms. The van der Waals surface area contributed by atoms with Crippen LogP contribution < -0.4 is 10.6 Å². The zero-order chi connectivity index (χ0) is 19.9. The predicted octanol–water partition coefficient (Wildman–Crippen LogP) is 6.51. The second kappa shape index (κ2) is 9.23. The van der Waals surface area contributed by atoms with Gasteiger partial charge in [0.25, 0.3) is 5.91 Å². The van der Waals surface area contributed by atoms with Crippen LogP contribution in [0.4, 0.5) is 17.1 Å². The van der Waals surface area contributed by atoms with Crippen molar-refractivity contribution >= 4 is 23.0 Å². The van der Waals surface area contributed by atoms with E-state index in [9.17, 15) is 4.79 Å². The number of rotatable bonds is 7. The molecule has 3 aromatic rings. The van der Waals surface area contributed by atoms with E-state index in [0.29, 0.717) is 5.56 Å². The summed E-state index contributed by atoms with van der Waals surface area (Å²) in [5.41, 5.74) is 7.22. The highest BCUT2D eigenvalue weighted by Crippen LogP contribution is 2.27. The largest absolute Gasteiger partial charge is 0.355 e. The van der Waals surface area contributed by atoms with Gasteiger partial charge in [-0.05, 0) is 66.8 Å². The standard InChI is InChI=1S/C25H28N2O/c1-4-10-22-19(5-2)11-9-14-24(22)26-21-16-15-18(3)23(17-21)25(28)27-20-12-7-6-8-13-20/h6-9,11-17,26H,4-5,10H2,1-3H3,(H,27,28). The summed E-state index contributed by atoms with van der Waals surface area (Å²) in [6.45, 7) is 6.36. The van der Waals surface area contributed by atoms with Crippen LogP contribution in [0.1, 0.15) is 47.3 Å². The molecule has 0 aliphatic rings. The monoisotopic (exact) mass is 372 g/mol. The molecule has 0 aromatic heterocycles. The molecule has 0 saturated heterocycles. The summed E-state index contributed by atoms with van der Waals surface area (Å²) < 4.78 is 0. The molecule has 0 atom stereocenters. The maximum Gasteiger partial charge on any atom is 0.256 e. The van der Waals surface area contributed by atoms with E-state index in [1.807, 2.05) is 55.5 Å². The van der Waals surface area contributed by atoms with Gasteiger partial charge in [0.1, 0.15) is 0 Å². The fraction of sp³-hybridized carbons (Fsp3) is 0.240. The second-order valence-corrected chi connectivity index (χ2v) is 7.02. The lowest BCUT2D eigenvalue weighted by molar-refractivity contribution is 0.102. The molecule has 0 saturated carbocycles. The highest BCUT2D eigenvalue weighted by atomic mass is 16.1. The molecule has 0 bridgehead atoms. The minimum Gasteiger partial charge on any atom is -0.355 e. The normalized spacial score (nSPS) is 10.5. The first kappa shape index (κ1) is 19.7. The molecule has 144 valence electrons. The average Bonchev–Trinajstić information content (AvgIpc) is 2.71. The third kappa shape index (κ3) is 4.61. The van der Waals surface area contributed by atoms with Gasteiger partial charge in [-0.3, -0.25) is 4.79 Å². The number of para-hydroxylation sites is 1. The van der Waals surface area contributed by atoms with E-state index >= 15 is 0 Å². The van der Waals surface area contributed by atoms with E-state index in [-0.39, 0.29) is 5.91 Å². The third-order valence-corrected chi connectivity index (χ3v) is 4.95. The lowest BCUT2D eigenvalue weighted by Gasteiger charge is -2.16. The molecule has 0 aliphatic heterocycles. The van der Waals surface area contributed by atoms with Crippen molar-refractivity contribution in [3.05, 3.63) is 89.0 Å². The summed E-state index contributed by atoms with van der Waals surface area (Å²) in [4.78, 5) is 12.8. The molecule has 1 amide bonds.